The monoisotopic (exact) mass is 166 g/mol. The van der Waals surface area contributed by atoms with Crippen LogP contribution in [0.25, 0.3) is 0 Å². The van der Waals surface area contributed by atoms with Crippen LogP contribution in [0.4, 0.5) is 0 Å². The summed E-state index contributed by atoms with van der Waals surface area (Å²) in [6.45, 7) is 8.49. The topological polar surface area (TPSA) is 24.1 Å². The molecule has 0 radical (unpaired) electrons. The van der Waals surface area contributed by atoms with Crippen LogP contribution in [0.3, 0.4) is 0 Å². The van der Waals surface area contributed by atoms with Gasteiger partial charge in [0, 0.05) is 18.6 Å². The molecule has 0 spiro atoms. The van der Waals surface area contributed by atoms with Crippen molar-refractivity contribution >= 4 is 0 Å². The highest BCUT2D eigenvalue weighted by atomic mass is 15.1. The highest BCUT2D eigenvalue weighted by molar-refractivity contribution is 5.09. The van der Waals surface area contributed by atoms with E-state index >= 15 is 0 Å². The summed E-state index contributed by atoms with van der Waals surface area (Å²) in [4.78, 5) is 0. The summed E-state index contributed by atoms with van der Waals surface area (Å²) >= 11 is 0. The van der Waals surface area contributed by atoms with Gasteiger partial charge in [-0.1, -0.05) is 12.2 Å². The Balaban J connectivity index is 1.98. The summed E-state index contributed by atoms with van der Waals surface area (Å²) in [5, 5.41) is 7.05. The minimum Gasteiger partial charge on any atom is -0.315 e. The molecule has 2 nitrogen and oxygen atoms in total. The molecule has 0 aromatic heterocycles. The molecule has 2 aliphatic heterocycles. The molecule has 2 heterocycles. The quantitative estimate of drug-likeness (QED) is 0.566. The lowest BCUT2D eigenvalue weighted by Crippen LogP contribution is -2.44. The maximum absolute atomic E-state index is 4.01. The van der Waals surface area contributed by atoms with Crippen LogP contribution in [0.1, 0.15) is 19.8 Å². The molecule has 2 saturated heterocycles. The molecule has 68 valence electrons. The predicted octanol–water partition coefficient (Wildman–Crippen LogP) is 0.902. The van der Waals surface area contributed by atoms with Gasteiger partial charge in [0.05, 0.1) is 0 Å². The standard InChI is InChI=1S/C10H18N2/c1-7(2)9-5-8-3-4-11-6-10(8)12-9/h8-12H,1,3-6H2,2H3. The van der Waals surface area contributed by atoms with Crippen molar-refractivity contribution in [2.75, 3.05) is 13.1 Å². The summed E-state index contributed by atoms with van der Waals surface area (Å²) in [6.07, 6.45) is 2.64. The van der Waals surface area contributed by atoms with Gasteiger partial charge in [0.15, 0.2) is 0 Å². The van der Waals surface area contributed by atoms with Crippen molar-refractivity contribution in [3.05, 3.63) is 12.2 Å². The third-order valence-electron chi connectivity index (χ3n) is 3.17. The molecule has 2 heteroatoms. The first-order valence-electron chi connectivity index (χ1n) is 4.89. The van der Waals surface area contributed by atoms with Crippen molar-refractivity contribution < 1.29 is 0 Å². The van der Waals surface area contributed by atoms with Gasteiger partial charge in [-0.3, -0.25) is 0 Å². The Bertz CT molecular complexity index is 174. The first-order chi connectivity index (χ1) is 5.77. The molecule has 0 aromatic rings. The minimum atomic E-state index is 0.583. The van der Waals surface area contributed by atoms with E-state index in [0.717, 1.165) is 12.5 Å². The van der Waals surface area contributed by atoms with Crippen LogP contribution in [-0.2, 0) is 0 Å². The largest absolute Gasteiger partial charge is 0.315 e. The fourth-order valence-electron chi connectivity index (χ4n) is 2.36. The molecule has 2 N–H and O–H groups in total. The first-order valence-corrected chi connectivity index (χ1v) is 4.89. The van der Waals surface area contributed by atoms with Gasteiger partial charge < -0.3 is 10.6 Å². The highest BCUT2D eigenvalue weighted by Crippen LogP contribution is 2.27. The number of hydrogen-bond donors (Lipinski definition) is 2. The zero-order chi connectivity index (χ0) is 8.55. The summed E-state index contributed by atoms with van der Waals surface area (Å²) in [6, 6.07) is 1.29. The van der Waals surface area contributed by atoms with E-state index in [9.17, 15) is 0 Å². The third kappa shape index (κ3) is 1.41. The predicted molar refractivity (Wildman–Crippen MR) is 51.1 cm³/mol. The first kappa shape index (κ1) is 8.27. The van der Waals surface area contributed by atoms with E-state index < -0.39 is 0 Å². The fraction of sp³-hybridized carbons (Fsp3) is 0.800. The molecule has 2 rings (SSSR count). The van der Waals surface area contributed by atoms with Crippen molar-refractivity contribution in [2.45, 2.75) is 31.8 Å². The molecule has 12 heavy (non-hydrogen) atoms. The average Bonchev–Trinajstić information content (AvgIpc) is 2.46. The van der Waals surface area contributed by atoms with E-state index in [1.165, 1.54) is 25.0 Å². The van der Waals surface area contributed by atoms with Crippen LogP contribution in [0.2, 0.25) is 0 Å². The Kier molecular flexibility index (Phi) is 2.20. The Labute approximate surface area is 74.4 Å². The lowest BCUT2D eigenvalue weighted by Gasteiger charge is -2.25. The van der Waals surface area contributed by atoms with Crippen molar-refractivity contribution in [2.24, 2.45) is 5.92 Å². The van der Waals surface area contributed by atoms with Gasteiger partial charge >= 0.3 is 0 Å². The average molecular weight is 166 g/mol. The van der Waals surface area contributed by atoms with Gasteiger partial charge in [0.1, 0.15) is 0 Å². The minimum absolute atomic E-state index is 0.583. The summed E-state index contributed by atoms with van der Waals surface area (Å²) in [7, 11) is 0. The van der Waals surface area contributed by atoms with E-state index in [1.54, 1.807) is 0 Å². The van der Waals surface area contributed by atoms with Crippen molar-refractivity contribution in [3.8, 4) is 0 Å². The number of piperidine rings is 1. The van der Waals surface area contributed by atoms with E-state index in [2.05, 4.69) is 24.1 Å². The number of fused-ring (bicyclic) bond motifs is 1. The fourth-order valence-corrected chi connectivity index (χ4v) is 2.36. The third-order valence-corrected chi connectivity index (χ3v) is 3.17. The summed E-state index contributed by atoms with van der Waals surface area (Å²) in [5.41, 5.74) is 1.30. The molecular weight excluding hydrogens is 148 g/mol. The second kappa shape index (κ2) is 3.19. The van der Waals surface area contributed by atoms with E-state index in [1.807, 2.05) is 0 Å². The Morgan fingerprint density at radius 3 is 3.00 bits per heavy atom. The second-order valence-electron chi connectivity index (χ2n) is 4.16. The van der Waals surface area contributed by atoms with Crippen LogP contribution in [0.15, 0.2) is 12.2 Å². The Morgan fingerprint density at radius 2 is 2.33 bits per heavy atom. The van der Waals surface area contributed by atoms with Crippen LogP contribution in [0.5, 0.6) is 0 Å². The van der Waals surface area contributed by atoms with Gasteiger partial charge in [-0.2, -0.15) is 0 Å². The molecule has 0 aromatic carbocycles. The van der Waals surface area contributed by atoms with Crippen molar-refractivity contribution in [3.63, 3.8) is 0 Å². The van der Waals surface area contributed by atoms with E-state index in [4.69, 9.17) is 0 Å². The smallest absolute Gasteiger partial charge is 0.0280 e. The number of rotatable bonds is 1. The van der Waals surface area contributed by atoms with E-state index in [-0.39, 0.29) is 0 Å². The van der Waals surface area contributed by atoms with Gasteiger partial charge in [0.25, 0.3) is 0 Å². The molecule has 0 aliphatic carbocycles. The molecule has 3 unspecified atom stereocenters. The lowest BCUT2D eigenvalue weighted by molar-refractivity contribution is 0.343. The van der Waals surface area contributed by atoms with Gasteiger partial charge in [-0.25, -0.2) is 0 Å². The van der Waals surface area contributed by atoms with Crippen LogP contribution >= 0.6 is 0 Å². The normalized spacial score (nSPS) is 40.9. The maximum atomic E-state index is 4.01. The zero-order valence-corrected chi connectivity index (χ0v) is 7.77. The van der Waals surface area contributed by atoms with Gasteiger partial charge in [-0.15, -0.1) is 0 Å². The molecule has 2 fully saturated rings. The molecule has 0 bridgehead atoms. The molecule has 2 aliphatic rings. The lowest BCUT2D eigenvalue weighted by atomic mass is 9.92. The summed E-state index contributed by atoms with van der Waals surface area (Å²) in [5.74, 6) is 0.896. The molecular formula is C10H18N2. The maximum Gasteiger partial charge on any atom is 0.0280 e. The highest BCUT2D eigenvalue weighted by Gasteiger charge is 2.34. The SMILES string of the molecule is C=C(C)C1CC2CCNCC2N1. The van der Waals surface area contributed by atoms with Crippen LogP contribution in [-0.4, -0.2) is 25.2 Å². The van der Waals surface area contributed by atoms with Gasteiger partial charge in [-0.05, 0) is 32.2 Å². The number of nitrogens with one attached hydrogen (secondary N) is 2. The Hall–Kier alpha value is -0.340. The van der Waals surface area contributed by atoms with Crippen LogP contribution < -0.4 is 10.6 Å². The Morgan fingerprint density at radius 1 is 1.50 bits per heavy atom. The summed E-state index contributed by atoms with van der Waals surface area (Å²) < 4.78 is 0. The van der Waals surface area contributed by atoms with E-state index in [0.29, 0.717) is 12.1 Å². The van der Waals surface area contributed by atoms with Crippen molar-refractivity contribution in [1.29, 1.82) is 0 Å². The number of hydrogen-bond acceptors (Lipinski definition) is 2. The van der Waals surface area contributed by atoms with Crippen molar-refractivity contribution in [1.82, 2.24) is 10.6 Å². The van der Waals surface area contributed by atoms with Crippen LogP contribution in [0, 0.1) is 5.92 Å². The van der Waals surface area contributed by atoms with Gasteiger partial charge in [0.2, 0.25) is 0 Å². The molecule has 3 atom stereocenters. The molecule has 0 amide bonds. The zero-order valence-electron chi connectivity index (χ0n) is 7.77. The molecule has 0 saturated carbocycles. The second-order valence-corrected chi connectivity index (χ2v) is 4.16.